The lowest BCUT2D eigenvalue weighted by Gasteiger charge is -2.24. The van der Waals surface area contributed by atoms with Crippen LogP contribution in [0.1, 0.15) is 46.0 Å². The van der Waals surface area contributed by atoms with Crippen LogP contribution in [0.2, 0.25) is 0 Å². The average Bonchev–Trinajstić information content (AvgIpc) is 2.20. The molecule has 0 aromatic carbocycles. The molecule has 1 rings (SSSR count). The van der Waals surface area contributed by atoms with Gasteiger partial charge >= 0.3 is 0 Å². The first-order valence-corrected chi connectivity index (χ1v) is 6.03. The first-order valence-electron chi connectivity index (χ1n) is 6.03. The van der Waals surface area contributed by atoms with Crippen molar-refractivity contribution in [2.24, 2.45) is 11.8 Å². The summed E-state index contributed by atoms with van der Waals surface area (Å²) in [4.78, 5) is 10.2. The molecule has 0 bridgehead atoms. The molecular formula is C14H22O. The molecule has 1 aliphatic carbocycles. The van der Waals surface area contributed by atoms with Gasteiger partial charge in [-0.2, -0.15) is 0 Å². The molecule has 0 saturated carbocycles. The molecule has 15 heavy (non-hydrogen) atoms. The number of carbonyl (C=O) groups is 1. The lowest BCUT2D eigenvalue weighted by Crippen LogP contribution is -2.10. The smallest absolute Gasteiger partial charge is 0.142 e. The summed E-state index contributed by atoms with van der Waals surface area (Å²) in [5.74, 6) is 1.43. The van der Waals surface area contributed by atoms with Crippen molar-refractivity contribution in [3.8, 4) is 0 Å². The Kier molecular flexibility index (Phi) is 5.38. The second-order valence-electron chi connectivity index (χ2n) is 4.80. The topological polar surface area (TPSA) is 17.1 Å². The molecule has 1 unspecified atom stereocenters. The Labute approximate surface area is 93.3 Å². The van der Waals surface area contributed by atoms with E-state index in [-0.39, 0.29) is 0 Å². The van der Waals surface area contributed by atoms with E-state index in [0.717, 1.165) is 18.6 Å². The lowest BCUT2D eigenvalue weighted by molar-refractivity contribution is -0.104. The van der Waals surface area contributed by atoms with E-state index in [1.165, 1.54) is 25.7 Å². The summed E-state index contributed by atoms with van der Waals surface area (Å²) < 4.78 is 0. The van der Waals surface area contributed by atoms with Gasteiger partial charge in [-0.3, -0.25) is 4.79 Å². The van der Waals surface area contributed by atoms with Gasteiger partial charge in [-0.15, -0.1) is 0 Å². The zero-order chi connectivity index (χ0) is 11.1. The van der Waals surface area contributed by atoms with Gasteiger partial charge in [0.15, 0.2) is 0 Å². The van der Waals surface area contributed by atoms with Gasteiger partial charge in [0.05, 0.1) is 0 Å². The third-order valence-corrected chi connectivity index (χ3v) is 2.97. The quantitative estimate of drug-likeness (QED) is 0.379. The molecule has 0 aliphatic heterocycles. The minimum absolute atomic E-state index is 0.692. The first-order chi connectivity index (χ1) is 7.24. The normalized spacial score (nSPS) is 22.1. The maximum absolute atomic E-state index is 10.2. The van der Waals surface area contributed by atoms with E-state index < -0.39 is 0 Å². The average molecular weight is 206 g/mol. The molecule has 84 valence electrons. The van der Waals surface area contributed by atoms with Gasteiger partial charge in [-0.05, 0) is 50.0 Å². The Bertz CT molecular complexity index is 248. The van der Waals surface area contributed by atoms with Crippen LogP contribution in [-0.4, -0.2) is 6.29 Å². The fraction of sp³-hybridized carbons (Fsp3) is 0.643. The molecule has 1 nitrogen and oxygen atoms in total. The van der Waals surface area contributed by atoms with Crippen LogP contribution in [0.15, 0.2) is 23.8 Å². The number of rotatable bonds is 5. The fourth-order valence-electron chi connectivity index (χ4n) is 2.29. The van der Waals surface area contributed by atoms with Gasteiger partial charge in [-0.25, -0.2) is 0 Å². The predicted molar refractivity (Wildman–Crippen MR) is 64.7 cm³/mol. The third-order valence-electron chi connectivity index (χ3n) is 2.97. The van der Waals surface area contributed by atoms with Gasteiger partial charge in [0, 0.05) is 0 Å². The maximum Gasteiger partial charge on any atom is 0.142 e. The van der Waals surface area contributed by atoms with Crippen LogP contribution in [0.3, 0.4) is 0 Å². The second-order valence-corrected chi connectivity index (χ2v) is 4.80. The Morgan fingerprint density at radius 3 is 3.00 bits per heavy atom. The van der Waals surface area contributed by atoms with Crippen molar-refractivity contribution in [3.63, 3.8) is 0 Å². The van der Waals surface area contributed by atoms with Crippen LogP contribution in [0.25, 0.3) is 0 Å². The van der Waals surface area contributed by atoms with Crippen molar-refractivity contribution in [1.82, 2.24) is 0 Å². The summed E-state index contributed by atoms with van der Waals surface area (Å²) in [6, 6.07) is 0. The molecule has 0 spiro atoms. The van der Waals surface area contributed by atoms with Gasteiger partial charge in [0.25, 0.3) is 0 Å². The van der Waals surface area contributed by atoms with Crippen molar-refractivity contribution in [2.45, 2.75) is 46.0 Å². The molecule has 1 heteroatoms. The number of allylic oxidation sites excluding steroid dienone is 4. The molecule has 0 N–H and O–H groups in total. The van der Waals surface area contributed by atoms with Crippen LogP contribution in [0.5, 0.6) is 0 Å². The van der Waals surface area contributed by atoms with Gasteiger partial charge in [0.2, 0.25) is 0 Å². The molecule has 0 amide bonds. The van der Waals surface area contributed by atoms with E-state index in [4.69, 9.17) is 0 Å². The monoisotopic (exact) mass is 206 g/mol. The Hall–Kier alpha value is -0.850. The van der Waals surface area contributed by atoms with Gasteiger partial charge in [0.1, 0.15) is 6.29 Å². The standard InChI is InChI=1S/C14H22O/c1-12(2)11-14-9-4-3-7-13(14)8-5-6-10-15/h5-6,9-10,12-13H,3-4,7-8,11H2,1-2H3/b6-5+. The van der Waals surface area contributed by atoms with Crippen LogP contribution in [-0.2, 0) is 4.79 Å². The van der Waals surface area contributed by atoms with E-state index >= 15 is 0 Å². The van der Waals surface area contributed by atoms with Gasteiger partial charge in [-0.1, -0.05) is 31.6 Å². The molecule has 0 fully saturated rings. The molecule has 0 heterocycles. The Morgan fingerprint density at radius 2 is 2.33 bits per heavy atom. The first kappa shape index (κ1) is 12.2. The SMILES string of the molecule is CC(C)CC1=CCCCC1C/C=C/C=O. The van der Waals surface area contributed by atoms with Crippen molar-refractivity contribution < 1.29 is 4.79 Å². The van der Waals surface area contributed by atoms with Crippen LogP contribution in [0, 0.1) is 11.8 Å². The summed E-state index contributed by atoms with van der Waals surface area (Å²) in [5, 5.41) is 0. The zero-order valence-electron chi connectivity index (χ0n) is 9.91. The minimum Gasteiger partial charge on any atom is -0.299 e. The van der Waals surface area contributed by atoms with Gasteiger partial charge < -0.3 is 0 Å². The number of carbonyl (C=O) groups excluding carboxylic acids is 1. The molecule has 0 aromatic heterocycles. The highest BCUT2D eigenvalue weighted by Gasteiger charge is 2.16. The highest BCUT2D eigenvalue weighted by atomic mass is 16.1. The second kappa shape index (κ2) is 6.60. The highest BCUT2D eigenvalue weighted by Crippen LogP contribution is 2.31. The lowest BCUT2D eigenvalue weighted by atomic mass is 9.81. The fourth-order valence-corrected chi connectivity index (χ4v) is 2.29. The summed E-state index contributed by atoms with van der Waals surface area (Å²) >= 11 is 0. The van der Waals surface area contributed by atoms with Crippen molar-refractivity contribution in [1.29, 1.82) is 0 Å². The number of hydrogen-bond acceptors (Lipinski definition) is 1. The van der Waals surface area contributed by atoms with Crippen LogP contribution >= 0.6 is 0 Å². The predicted octanol–water partition coefficient (Wildman–Crippen LogP) is 3.90. The summed E-state index contributed by atoms with van der Waals surface area (Å²) in [5.41, 5.74) is 1.62. The van der Waals surface area contributed by atoms with Crippen LogP contribution < -0.4 is 0 Å². The summed E-state index contributed by atoms with van der Waals surface area (Å²) in [6.07, 6.45) is 13.0. The van der Waals surface area contributed by atoms with E-state index in [2.05, 4.69) is 19.9 Å². The Morgan fingerprint density at radius 1 is 1.53 bits per heavy atom. The molecule has 0 saturated heterocycles. The van der Waals surface area contributed by atoms with E-state index in [1.807, 2.05) is 6.08 Å². The van der Waals surface area contributed by atoms with E-state index in [1.54, 1.807) is 11.6 Å². The number of hydrogen-bond donors (Lipinski definition) is 0. The number of aldehydes is 1. The van der Waals surface area contributed by atoms with E-state index in [0.29, 0.717) is 5.92 Å². The molecule has 0 radical (unpaired) electrons. The largest absolute Gasteiger partial charge is 0.299 e. The minimum atomic E-state index is 0.692. The van der Waals surface area contributed by atoms with Crippen molar-refractivity contribution in [2.75, 3.05) is 0 Å². The third kappa shape index (κ3) is 4.46. The van der Waals surface area contributed by atoms with E-state index in [9.17, 15) is 4.79 Å². The van der Waals surface area contributed by atoms with Crippen molar-refractivity contribution >= 4 is 6.29 Å². The summed E-state index contributed by atoms with van der Waals surface area (Å²) in [7, 11) is 0. The molecule has 0 aromatic rings. The maximum atomic E-state index is 10.2. The Balaban J connectivity index is 2.52. The molecular weight excluding hydrogens is 184 g/mol. The van der Waals surface area contributed by atoms with Crippen LogP contribution in [0.4, 0.5) is 0 Å². The molecule has 1 atom stereocenters. The highest BCUT2D eigenvalue weighted by molar-refractivity contribution is 5.64. The zero-order valence-corrected chi connectivity index (χ0v) is 9.91. The summed E-state index contributed by atoms with van der Waals surface area (Å²) in [6.45, 7) is 4.54. The molecule has 1 aliphatic rings. The van der Waals surface area contributed by atoms with Crippen molar-refractivity contribution in [3.05, 3.63) is 23.8 Å².